The van der Waals surface area contributed by atoms with Crippen molar-refractivity contribution in [2.24, 2.45) is 5.10 Å². The molecule has 0 aliphatic rings. The number of amides is 1. The van der Waals surface area contributed by atoms with Gasteiger partial charge < -0.3 is 0 Å². The first kappa shape index (κ1) is 24.5. The van der Waals surface area contributed by atoms with E-state index in [1.54, 1.807) is 26.0 Å². The maximum atomic E-state index is 14.5. The molecule has 0 spiro atoms. The Morgan fingerprint density at radius 2 is 1.68 bits per heavy atom. The van der Waals surface area contributed by atoms with E-state index < -0.39 is 33.2 Å². The molecule has 176 valence electrons. The molecule has 3 rings (SSSR count). The van der Waals surface area contributed by atoms with E-state index in [0.717, 1.165) is 11.6 Å². The number of sulfonamides is 1. The van der Waals surface area contributed by atoms with E-state index in [-0.39, 0.29) is 16.3 Å². The van der Waals surface area contributed by atoms with Crippen molar-refractivity contribution in [3.05, 3.63) is 99.9 Å². The highest BCUT2D eigenvalue weighted by Gasteiger charge is 2.29. The number of nitrogens with one attached hydrogen (secondary N) is 1. The Morgan fingerprint density at radius 3 is 2.26 bits per heavy atom. The van der Waals surface area contributed by atoms with Gasteiger partial charge in [-0.1, -0.05) is 29.8 Å². The zero-order valence-corrected chi connectivity index (χ0v) is 19.1. The number of hydrogen-bond donors (Lipinski definition) is 1. The van der Waals surface area contributed by atoms with Crippen LogP contribution in [0.3, 0.4) is 0 Å². The normalized spacial score (nSPS) is 11.7. The lowest BCUT2D eigenvalue weighted by Gasteiger charge is -2.24. The Balaban J connectivity index is 1.85. The number of rotatable bonds is 8. The van der Waals surface area contributed by atoms with Gasteiger partial charge in [-0.25, -0.2) is 18.2 Å². The molecule has 0 radical (unpaired) electrons. The summed E-state index contributed by atoms with van der Waals surface area (Å²) in [6.07, 6.45) is 0. The first-order chi connectivity index (χ1) is 16.1. The van der Waals surface area contributed by atoms with Gasteiger partial charge in [0.2, 0.25) is 0 Å². The van der Waals surface area contributed by atoms with Crippen molar-refractivity contribution >= 4 is 33.0 Å². The number of para-hydroxylation sites is 1. The number of halogens is 1. The smallest absolute Gasteiger partial charge is 0.269 e. The summed E-state index contributed by atoms with van der Waals surface area (Å²) in [6.45, 7) is 2.64. The van der Waals surface area contributed by atoms with E-state index in [1.807, 2.05) is 0 Å². The minimum absolute atomic E-state index is 0.0950. The molecule has 0 atom stereocenters. The molecule has 1 amide bonds. The van der Waals surface area contributed by atoms with Crippen LogP contribution in [0.4, 0.5) is 15.8 Å². The van der Waals surface area contributed by atoms with Crippen LogP contribution in [0.5, 0.6) is 0 Å². The topological polar surface area (TPSA) is 122 Å². The summed E-state index contributed by atoms with van der Waals surface area (Å²) < 4.78 is 41.7. The van der Waals surface area contributed by atoms with Crippen LogP contribution in [-0.4, -0.2) is 31.5 Å². The molecule has 1 N–H and O–H groups in total. The molecule has 0 aliphatic heterocycles. The molecule has 0 saturated carbocycles. The maximum absolute atomic E-state index is 14.5. The summed E-state index contributed by atoms with van der Waals surface area (Å²) in [6, 6.07) is 16.7. The fourth-order valence-corrected chi connectivity index (χ4v) is 4.42. The third-order valence-electron chi connectivity index (χ3n) is 4.86. The zero-order valence-electron chi connectivity index (χ0n) is 18.3. The van der Waals surface area contributed by atoms with Crippen LogP contribution < -0.4 is 9.73 Å². The summed E-state index contributed by atoms with van der Waals surface area (Å²) in [5.74, 6) is -1.61. The molecule has 0 bridgehead atoms. The van der Waals surface area contributed by atoms with Crippen LogP contribution in [0.2, 0.25) is 0 Å². The number of carbonyl (C=O) groups is 1. The predicted octanol–water partition coefficient (Wildman–Crippen LogP) is 3.78. The third-order valence-corrected chi connectivity index (χ3v) is 6.64. The number of hydrogen-bond acceptors (Lipinski definition) is 6. The van der Waals surface area contributed by atoms with Gasteiger partial charge in [-0.3, -0.25) is 19.2 Å². The van der Waals surface area contributed by atoms with E-state index in [0.29, 0.717) is 15.6 Å². The Morgan fingerprint density at radius 1 is 1.06 bits per heavy atom. The number of carbonyl (C=O) groups excluding carboxylic acids is 1. The van der Waals surface area contributed by atoms with Gasteiger partial charge in [-0.15, -0.1) is 0 Å². The summed E-state index contributed by atoms with van der Waals surface area (Å²) in [5, 5.41) is 14.7. The zero-order chi connectivity index (χ0) is 24.9. The van der Waals surface area contributed by atoms with Gasteiger partial charge >= 0.3 is 0 Å². The standard InChI is InChI=1S/C23H21FN4O5S/c1-16-7-13-20(14-8-16)34(32,33)27(22-6-4-3-5-21(22)24)15-23(29)26-25-17(2)18-9-11-19(12-10-18)28(30)31/h3-14H,15H2,1-2H3,(H,26,29). The SMILES string of the molecule is CC(=NNC(=O)CN(c1ccccc1F)S(=O)(=O)c1ccc(C)cc1)c1ccc([N+](=O)[O-])cc1. The molecular formula is C23H21FN4O5S. The molecular weight excluding hydrogens is 463 g/mol. The lowest BCUT2D eigenvalue weighted by molar-refractivity contribution is -0.384. The fraction of sp³-hybridized carbons (Fsp3) is 0.130. The lowest BCUT2D eigenvalue weighted by Crippen LogP contribution is -2.40. The minimum Gasteiger partial charge on any atom is -0.271 e. The second kappa shape index (κ2) is 10.2. The van der Waals surface area contributed by atoms with Crippen molar-refractivity contribution < 1.29 is 22.5 Å². The molecule has 3 aromatic rings. The van der Waals surface area contributed by atoms with Crippen LogP contribution in [0.25, 0.3) is 0 Å². The fourth-order valence-electron chi connectivity index (χ4n) is 2.99. The van der Waals surface area contributed by atoms with Crippen molar-refractivity contribution in [3.63, 3.8) is 0 Å². The summed E-state index contributed by atoms with van der Waals surface area (Å²) >= 11 is 0. The number of benzene rings is 3. The van der Waals surface area contributed by atoms with Crippen molar-refractivity contribution in [1.29, 1.82) is 0 Å². The number of aryl methyl sites for hydroxylation is 1. The van der Waals surface area contributed by atoms with Gasteiger partial charge in [0, 0.05) is 12.1 Å². The van der Waals surface area contributed by atoms with Crippen LogP contribution in [0.1, 0.15) is 18.1 Å². The van der Waals surface area contributed by atoms with Crippen LogP contribution in [0, 0.1) is 22.9 Å². The molecule has 9 nitrogen and oxygen atoms in total. The largest absolute Gasteiger partial charge is 0.271 e. The minimum atomic E-state index is -4.27. The molecule has 0 fully saturated rings. The molecule has 0 saturated heterocycles. The maximum Gasteiger partial charge on any atom is 0.269 e. The quantitative estimate of drug-likeness (QED) is 0.296. The Bertz CT molecular complexity index is 1340. The summed E-state index contributed by atoms with van der Waals surface area (Å²) in [7, 11) is -4.27. The Kier molecular flexibility index (Phi) is 7.37. The van der Waals surface area contributed by atoms with Gasteiger partial charge in [0.15, 0.2) is 0 Å². The second-order valence-corrected chi connectivity index (χ2v) is 9.17. The van der Waals surface area contributed by atoms with Gasteiger partial charge in [0.05, 0.1) is 21.2 Å². The van der Waals surface area contributed by atoms with Gasteiger partial charge in [-0.2, -0.15) is 5.10 Å². The number of non-ortho nitro benzene ring substituents is 1. The third kappa shape index (κ3) is 5.62. The Labute approximate surface area is 195 Å². The summed E-state index contributed by atoms with van der Waals surface area (Å²) in [5.41, 5.74) is 3.57. The monoisotopic (exact) mass is 484 g/mol. The number of nitrogens with zero attached hydrogens (tertiary/aromatic N) is 3. The first-order valence-corrected chi connectivity index (χ1v) is 11.5. The van der Waals surface area contributed by atoms with Gasteiger partial charge in [-0.05, 0) is 55.8 Å². The first-order valence-electron chi connectivity index (χ1n) is 10.0. The molecule has 0 heterocycles. The second-order valence-electron chi connectivity index (χ2n) is 7.31. The number of nitro groups is 1. The van der Waals surface area contributed by atoms with Crippen molar-refractivity contribution in [2.75, 3.05) is 10.8 Å². The van der Waals surface area contributed by atoms with Gasteiger partial charge in [0.1, 0.15) is 12.4 Å². The van der Waals surface area contributed by atoms with Crippen LogP contribution >= 0.6 is 0 Å². The van der Waals surface area contributed by atoms with Gasteiger partial charge in [0.25, 0.3) is 21.6 Å². The highest BCUT2D eigenvalue weighted by Crippen LogP contribution is 2.26. The van der Waals surface area contributed by atoms with E-state index in [1.165, 1.54) is 54.6 Å². The molecule has 0 aliphatic carbocycles. The molecule has 11 heteroatoms. The number of nitro benzene ring substituents is 1. The van der Waals surface area contributed by atoms with Crippen molar-refractivity contribution in [1.82, 2.24) is 5.43 Å². The van der Waals surface area contributed by atoms with E-state index in [9.17, 15) is 27.7 Å². The van der Waals surface area contributed by atoms with E-state index >= 15 is 0 Å². The van der Waals surface area contributed by atoms with Crippen LogP contribution in [0.15, 0.2) is 82.8 Å². The number of hydrazone groups is 1. The van der Waals surface area contributed by atoms with E-state index in [2.05, 4.69) is 10.5 Å². The van der Waals surface area contributed by atoms with E-state index in [4.69, 9.17) is 0 Å². The molecule has 0 unspecified atom stereocenters. The highest BCUT2D eigenvalue weighted by atomic mass is 32.2. The predicted molar refractivity (Wildman–Crippen MR) is 126 cm³/mol. The Hall–Kier alpha value is -4.12. The highest BCUT2D eigenvalue weighted by molar-refractivity contribution is 7.92. The number of anilines is 1. The average molecular weight is 485 g/mol. The van der Waals surface area contributed by atoms with Crippen LogP contribution in [-0.2, 0) is 14.8 Å². The summed E-state index contributed by atoms with van der Waals surface area (Å²) in [4.78, 5) is 22.8. The molecule has 3 aromatic carbocycles. The van der Waals surface area contributed by atoms with Crippen molar-refractivity contribution in [2.45, 2.75) is 18.7 Å². The lowest BCUT2D eigenvalue weighted by atomic mass is 10.1. The van der Waals surface area contributed by atoms with Crippen molar-refractivity contribution in [3.8, 4) is 0 Å². The molecule has 34 heavy (non-hydrogen) atoms. The molecule has 0 aromatic heterocycles. The average Bonchev–Trinajstić information content (AvgIpc) is 2.82.